The van der Waals surface area contributed by atoms with Crippen molar-refractivity contribution in [2.24, 2.45) is 11.8 Å². The maximum Gasteiger partial charge on any atom is 0.177 e. The molecule has 1 saturated carbocycles. The zero-order valence-electron chi connectivity index (χ0n) is 11.5. The van der Waals surface area contributed by atoms with Crippen LogP contribution in [-0.2, 0) is 20.9 Å². The molecule has 0 aromatic rings. The third kappa shape index (κ3) is 2.03. The standard InChI is InChI=1S/C13H19NO4S2/c1-3-14-11-4-7(2)20(17,18)13-9-5-8(9)12(19(15)16)6-10(11)13/h6-9,11,14H,3-5H2,1-2H3,(H,15,16)/p-1. The van der Waals surface area contributed by atoms with Crippen LogP contribution in [0.5, 0.6) is 0 Å². The highest BCUT2D eigenvalue weighted by Gasteiger charge is 2.53. The van der Waals surface area contributed by atoms with E-state index in [4.69, 9.17) is 0 Å². The van der Waals surface area contributed by atoms with Crippen molar-refractivity contribution >= 4 is 20.9 Å². The van der Waals surface area contributed by atoms with Gasteiger partial charge in [0, 0.05) is 16.9 Å². The summed E-state index contributed by atoms with van der Waals surface area (Å²) in [4.78, 5) is 0.878. The molecular weight excluding hydrogens is 298 g/mol. The minimum Gasteiger partial charge on any atom is -0.769 e. The molecule has 0 spiro atoms. The van der Waals surface area contributed by atoms with Crippen LogP contribution in [-0.4, -0.2) is 35.0 Å². The van der Waals surface area contributed by atoms with E-state index in [9.17, 15) is 17.2 Å². The molecule has 0 aromatic heterocycles. The molecule has 0 radical (unpaired) electrons. The molecule has 5 nitrogen and oxygen atoms in total. The molecule has 3 rings (SSSR count). The lowest BCUT2D eigenvalue weighted by molar-refractivity contribution is 0.509. The summed E-state index contributed by atoms with van der Waals surface area (Å²) < 4.78 is 47.7. The van der Waals surface area contributed by atoms with Crippen molar-refractivity contribution in [3.05, 3.63) is 21.5 Å². The van der Waals surface area contributed by atoms with Crippen LogP contribution in [0, 0.1) is 11.8 Å². The van der Waals surface area contributed by atoms with Crippen LogP contribution in [0.1, 0.15) is 26.7 Å². The van der Waals surface area contributed by atoms with E-state index in [-0.39, 0.29) is 17.9 Å². The fourth-order valence-electron chi connectivity index (χ4n) is 3.41. The van der Waals surface area contributed by atoms with Gasteiger partial charge in [-0.15, -0.1) is 0 Å². The Balaban J connectivity index is 2.15. The van der Waals surface area contributed by atoms with Crippen LogP contribution >= 0.6 is 0 Å². The van der Waals surface area contributed by atoms with Gasteiger partial charge in [0.15, 0.2) is 9.84 Å². The summed E-state index contributed by atoms with van der Waals surface area (Å²) in [5, 5.41) is 2.88. The van der Waals surface area contributed by atoms with Crippen molar-refractivity contribution in [2.75, 3.05) is 6.54 Å². The molecule has 5 atom stereocenters. The fourth-order valence-corrected chi connectivity index (χ4v) is 6.23. The quantitative estimate of drug-likeness (QED) is 0.780. The normalized spacial score (nSPS) is 39.6. The van der Waals surface area contributed by atoms with Gasteiger partial charge in [0.05, 0.1) is 10.2 Å². The maximum absolute atomic E-state index is 12.5. The van der Waals surface area contributed by atoms with Gasteiger partial charge >= 0.3 is 0 Å². The number of hydrogen-bond acceptors (Lipinski definition) is 5. The van der Waals surface area contributed by atoms with E-state index in [1.165, 1.54) is 0 Å². The Morgan fingerprint density at radius 1 is 1.40 bits per heavy atom. The molecule has 7 heteroatoms. The smallest absolute Gasteiger partial charge is 0.177 e. The molecule has 20 heavy (non-hydrogen) atoms. The molecule has 1 N–H and O–H groups in total. The number of allylic oxidation sites excluding steroid dienone is 2. The second-order valence-electron chi connectivity index (χ2n) is 5.75. The minimum absolute atomic E-state index is 0.0615. The zero-order valence-corrected chi connectivity index (χ0v) is 13.1. The van der Waals surface area contributed by atoms with E-state index < -0.39 is 26.2 Å². The van der Waals surface area contributed by atoms with Crippen LogP contribution in [0.4, 0.5) is 0 Å². The van der Waals surface area contributed by atoms with Crippen LogP contribution in [0.25, 0.3) is 0 Å². The second-order valence-corrected chi connectivity index (χ2v) is 9.03. The minimum atomic E-state index is -3.28. The van der Waals surface area contributed by atoms with E-state index in [0.717, 1.165) is 6.54 Å². The molecule has 3 aliphatic rings. The summed E-state index contributed by atoms with van der Waals surface area (Å²) in [6.07, 6.45) is 2.74. The Kier molecular flexibility index (Phi) is 3.44. The number of likely N-dealkylation sites (N-methyl/N-ethyl adjacent to an activating group) is 1. The lowest BCUT2D eigenvalue weighted by Gasteiger charge is -2.34. The molecule has 0 aromatic carbocycles. The summed E-state index contributed by atoms with van der Waals surface area (Å²) in [5.41, 5.74) is 0.683. The predicted molar refractivity (Wildman–Crippen MR) is 76.1 cm³/mol. The first-order chi connectivity index (χ1) is 9.37. The highest BCUT2D eigenvalue weighted by molar-refractivity contribution is 7.96. The van der Waals surface area contributed by atoms with Gasteiger partial charge < -0.3 is 9.87 Å². The monoisotopic (exact) mass is 316 g/mol. The average molecular weight is 316 g/mol. The van der Waals surface area contributed by atoms with Gasteiger partial charge in [0.1, 0.15) is 0 Å². The first kappa shape index (κ1) is 14.4. The zero-order chi connectivity index (χ0) is 14.7. The number of hydrogen-bond donors (Lipinski definition) is 1. The van der Waals surface area contributed by atoms with Crippen LogP contribution < -0.4 is 5.32 Å². The van der Waals surface area contributed by atoms with Crippen LogP contribution in [0.3, 0.4) is 0 Å². The molecule has 5 unspecified atom stereocenters. The third-order valence-electron chi connectivity index (χ3n) is 4.50. The van der Waals surface area contributed by atoms with Gasteiger partial charge in [-0.2, -0.15) is 0 Å². The summed E-state index contributed by atoms with van der Waals surface area (Å²) in [5.74, 6) is -0.230. The summed E-state index contributed by atoms with van der Waals surface area (Å²) in [6, 6.07) is -0.0615. The topological polar surface area (TPSA) is 86.3 Å². The molecule has 2 aliphatic carbocycles. The van der Waals surface area contributed by atoms with Crippen LogP contribution in [0.2, 0.25) is 0 Å². The first-order valence-corrected chi connectivity index (χ1v) is 9.52. The highest BCUT2D eigenvalue weighted by Crippen LogP contribution is 2.57. The van der Waals surface area contributed by atoms with Gasteiger partial charge in [-0.05, 0) is 55.0 Å². The van der Waals surface area contributed by atoms with Gasteiger partial charge in [0.2, 0.25) is 0 Å². The van der Waals surface area contributed by atoms with Gasteiger partial charge in [-0.25, -0.2) is 8.42 Å². The van der Waals surface area contributed by atoms with E-state index in [1.54, 1.807) is 13.0 Å². The molecule has 1 heterocycles. The lowest BCUT2D eigenvalue weighted by atomic mass is 9.95. The largest absolute Gasteiger partial charge is 0.769 e. The second kappa shape index (κ2) is 4.76. The van der Waals surface area contributed by atoms with Gasteiger partial charge in [0.25, 0.3) is 0 Å². The molecule has 1 fully saturated rings. The molecule has 0 bridgehead atoms. The summed E-state index contributed by atoms with van der Waals surface area (Å²) >= 11 is -2.25. The third-order valence-corrected chi connectivity index (χ3v) is 7.71. The Morgan fingerprint density at radius 2 is 2.10 bits per heavy atom. The lowest BCUT2D eigenvalue weighted by Crippen LogP contribution is -2.42. The maximum atomic E-state index is 12.5. The van der Waals surface area contributed by atoms with Crippen molar-refractivity contribution in [1.29, 1.82) is 0 Å². The van der Waals surface area contributed by atoms with E-state index in [0.29, 0.717) is 28.2 Å². The highest BCUT2D eigenvalue weighted by atomic mass is 32.2. The van der Waals surface area contributed by atoms with Crippen molar-refractivity contribution in [3.8, 4) is 0 Å². The molecule has 0 saturated heterocycles. The summed E-state index contributed by atoms with van der Waals surface area (Å²) in [7, 11) is -3.28. The number of nitrogens with one attached hydrogen (secondary N) is 1. The van der Waals surface area contributed by atoms with E-state index in [1.807, 2.05) is 6.92 Å². The number of sulfone groups is 1. The van der Waals surface area contributed by atoms with Gasteiger partial charge in [-0.3, -0.25) is 4.21 Å². The van der Waals surface area contributed by atoms with Crippen molar-refractivity contribution in [1.82, 2.24) is 5.32 Å². The van der Waals surface area contributed by atoms with E-state index >= 15 is 0 Å². The molecule has 112 valence electrons. The fraction of sp³-hybridized carbons (Fsp3) is 0.692. The molecule has 0 amide bonds. The Hall–Kier alpha value is -0.500. The summed E-state index contributed by atoms with van der Waals surface area (Å²) in [6.45, 7) is 4.44. The predicted octanol–water partition coefficient (Wildman–Crippen LogP) is 0.838. The van der Waals surface area contributed by atoms with Crippen molar-refractivity contribution in [3.63, 3.8) is 0 Å². The number of fused-ring (bicyclic) bond motifs is 2. The van der Waals surface area contributed by atoms with Crippen molar-refractivity contribution in [2.45, 2.75) is 38.0 Å². The number of rotatable bonds is 3. The SMILES string of the molecule is CCNC1CC(C)S(=O)(=O)C2=C1C=C(S(=O)[O-])C1CC21. The van der Waals surface area contributed by atoms with Crippen LogP contribution in [0.15, 0.2) is 21.5 Å². The molecule has 1 aliphatic heterocycles. The van der Waals surface area contributed by atoms with Gasteiger partial charge in [-0.1, -0.05) is 6.92 Å². The molecular formula is C13H18NO4S2-. The Bertz CT molecular complexity index is 635. The van der Waals surface area contributed by atoms with Crippen molar-refractivity contribution < 1.29 is 17.2 Å². The van der Waals surface area contributed by atoms with E-state index in [2.05, 4.69) is 5.32 Å². The Morgan fingerprint density at radius 3 is 2.70 bits per heavy atom. The average Bonchev–Trinajstić information content (AvgIpc) is 3.13. The first-order valence-electron chi connectivity index (χ1n) is 6.90. The Labute approximate surface area is 121 Å².